The van der Waals surface area contributed by atoms with Crippen LogP contribution in [-0.2, 0) is 4.74 Å². The Morgan fingerprint density at radius 3 is 3.00 bits per heavy atom. The molecule has 3 heterocycles. The van der Waals surface area contributed by atoms with Crippen molar-refractivity contribution < 1.29 is 9.84 Å². The quantitative estimate of drug-likeness (QED) is 0.899. The number of ether oxygens (including phenoxy) is 1. The lowest BCUT2D eigenvalue weighted by atomic mass is 9.85. The fraction of sp³-hybridized carbons (Fsp3) is 0.846. The Morgan fingerprint density at radius 1 is 1.53 bits per heavy atom. The van der Waals surface area contributed by atoms with Crippen LogP contribution in [0.5, 0.6) is 0 Å². The van der Waals surface area contributed by atoms with Gasteiger partial charge in [-0.05, 0) is 44.1 Å². The van der Waals surface area contributed by atoms with Gasteiger partial charge < -0.3 is 9.84 Å². The summed E-state index contributed by atoms with van der Waals surface area (Å²) >= 11 is 2.02. The molecule has 2 saturated heterocycles. The van der Waals surface area contributed by atoms with Gasteiger partial charge in [-0.2, -0.15) is 11.8 Å². The highest BCUT2D eigenvalue weighted by atomic mass is 32.2. The highest BCUT2D eigenvalue weighted by Crippen LogP contribution is 2.41. The molecule has 0 saturated carbocycles. The van der Waals surface area contributed by atoms with Gasteiger partial charge in [0.15, 0.2) is 0 Å². The minimum Gasteiger partial charge on any atom is -0.387 e. The second-order valence-electron chi connectivity index (χ2n) is 5.59. The van der Waals surface area contributed by atoms with Crippen molar-refractivity contribution in [2.75, 3.05) is 18.1 Å². The van der Waals surface area contributed by atoms with Crippen LogP contribution in [0.1, 0.15) is 50.4 Å². The molecule has 2 fully saturated rings. The number of aliphatic hydroxyl groups is 1. The number of thioether (sulfide) groups is 1. The van der Waals surface area contributed by atoms with E-state index in [-0.39, 0.29) is 5.60 Å². The van der Waals surface area contributed by atoms with E-state index in [1.54, 1.807) is 6.92 Å². The number of hydrogen-bond donors (Lipinski definition) is 1. The molecule has 0 aromatic carbocycles. The molecule has 19 heavy (non-hydrogen) atoms. The second kappa shape index (κ2) is 5.42. The van der Waals surface area contributed by atoms with Gasteiger partial charge in [0.05, 0.1) is 23.9 Å². The van der Waals surface area contributed by atoms with Gasteiger partial charge in [-0.15, -0.1) is 5.10 Å². The summed E-state index contributed by atoms with van der Waals surface area (Å²) in [5.41, 5.74) is 0.713. The van der Waals surface area contributed by atoms with E-state index in [4.69, 9.17) is 4.74 Å². The first-order valence-corrected chi connectivity index (χ1v) is 8.15. The smallest absolute Gasteiger partial charge is 0.111 e. The zero-order chi connectivity index (χ0) is 13.3. The Labute approximate surface area is 117 Å². The fourth-order valence-electron chi connectivity index (χ4n) is 2.98. The van der Waals surface area contributed by atoms with Crippen molar-refractivity contribution in [2.45, 2.75) is 50.4 Å². The van der Waals surface area contributed by atoms with Crippen LogP contribution < -0.4 is 0 Å². The molecule has 1 N–H and O–H groups in total. The topological polar surface area (TPSA) is 60.2 Å². The summed E-state index contributed by atoms with van der Waals surface area (Å²) in [5, 5.41) is 17.8. The Kier molecular flexibility index (Phi) is 3.82. The molecule has 1 spiro atoms. The van der Waals surface area contributed by atoms with Gasteiger partial charge in [0.2, 0.25) is 0 Å². The molecule has 5 nitrogen and oxygen atoms in total. The lowest BCUT2D eigenvalue weighted by molar-refractivity contribution is -0.100. The zero-order valence-corrected chi connectivity index (χ0v) is 12.1. The van der Waals surface area contributed by atoms with E-state index in [9.17, 15) is 5.11 Å². The van der Waals surface area contributed by atoms with E-state index in [0.717, 1.165) is 32.3 Å². The predicted octanol–water partition coefficient (Wildman–Crippen LogP) is 1.95. The third kappa shape index (κ3) is 2.80. The Hall–Kier alpha value is -0.590. The average Bonchev–Trinajstić information content (AvgIpc) is 2.89. The molecule has 2 aliphatic rings. The first-order valence-electron chi connectivity index (χ1n) is 7.00. The van der Waals surface area contributed by atoms with E-state index in [2.05, 4.69) is 10.3 Å². The van der Waals surface area contributed by atoms with Crippen molar-refractivity contribution in [1.82, 2.24) is 15.0 Å². The van der Waals surface area contributed by atoms with Gasteiger partial charge in [-0.1, -0.05) is 5.21 Å². The highest BCUT2D eigenvalue weighted by molar-refractivity contribution is 7.99. The van der Waals surface area contributed by atoms with E-state index < -0.39 is 6.10 Å². The van der Waals surface area contributed by atoms with Crippen LogP contribution in [0.4, 0.5) is 0 Å². The molecular formula is C13H21N3O2S. The monoisotopic (exact) mass is 283 g/mol. The number of hydrogen-bond acceptors (Lipinski definition) is 5. The van der Waals surface area contributed by atoms with E-state index in [1.165, 1.54) is 11.5 Å². The Balaban J connectivity index is 1.73. The predicted molar refractivity (Wildman–Crippen MR) is 74.2 cm³/mol. The van der Waals surface area contributed by atoms with Crippen LogP contribution in [0.25, 0.3) is 0 Å². The molecule has 6 heteroatoms. The van der Waals surface area contributed by atoms with Gasteiger partial charge in [-0.3, -0.25) is 0 Å². The maximum atomic E-state index is 9.53. The molecule has 0 radical (unpaired) electrons. The second-order valence-corrected chi connectivity index (χ2v) is 6.81. The average molecular weight is 283 g/mol. The van der Waals surface area contributed by atoms with Crippen molar-refractivity contribution in [2.24, 2.45) is 0 Å². The summed E-state index contributed by atoms with van der Waals surface area (Å²) in [5.74, 6) is 2.39. The van der Waals surface area contributed by atoms with Crippen molar-refractivity contribution in [3.05, 3.63) is 11.9 Å². The minimum absolute atomic E-state index is 0.0606. The first-order chi connectivity index (χ1) is 9.19. The summed E-state index contributed by atoms with van der Waals surface area (Å²) in [6.45, 7) is 2.53. The van der Waals surface area contributed by atoms with E-state index in [0.29, 0.717) is 11.7 Å². The van der Waals surface area contributed by atoms with Crippen LogP contribution in [-0.4, -0.2) is 43.8 Å². The number of aromatic nitrogens is 3. The SMILES string of the molecule is CC(O)c1cn(C2CCOC3(CCSCC3)C2)nn1. The Morgan fingerprint density at radius 2 is 2.32 bits per heavy atom. The van der Waals surface area contributed by atoms with Crippen LogP contribution in [0.2, 0.25) is 0 Å². The lowest BCUT2D eigenvalue weighted by Gasteiger charge is -2.43. The number of nitrogens with zero attached hydrogens (tertiary/aromatic N) is 3. The molecule has 106 valence electrons. The largest absolute Gasteiger partial charge is 0.387 e. The van der Waals surface area contributed by atoms with Gasteiger partial charge in [0.25, 0.3) is 0 Å². The van der Waals surface area contributed by atoms with Crippen molar-refractivity contribution in [3.8, 4) is 0 Å². The fourth-order valence-corrected chi connectivity index (χ4v) is 4.22. The molecule has 0 amide bonds. The minimum atomic E-state index is -0.548. The van der Waals surface area contributed by atoms with Gasteiger partial charge in [0, 0.05) is 6.61 Å². The first kappa shape index (κ1) is 13.4. The number of aliphatic hydroxyl groups excluding tert-OH is 1. The Bertz CT molecular complexity index is 424. The van der Waals surface area contributed by atoms with Gasteiger partial charge >= 0.3 is 0 Å². The normalized spacial score (nSPS) is 28.4. The van der Waals surface area contributed by atoms with Crippen LogP contribution >= 0.6 is 11.8 Å². The van der Waals surface area contributed by atoms with Crippen molar-refractivity contribution in [1.29, 1.82) is 0 Å². The molecule has 2 aliphatic heterocycles. The number of rotatable bonds is 2. The molecule has 3 rings (SSSR count). The van der Waals surface area contributed by atoms with Gasteiger partial charge in [0.1, 0.15) is 5.69 Å². The zero-order valence-electron chi connectivity index (χ0n) is 11.3. The van der Waals surface area contributed by atoms with Crippen LogP contribution in [0, 0.1) is 0 Å². The molecule has 2 unspecified atom stereocenters. The highest BCUT2D eigenvalue weighted by Gasteiger charge is 2.39. The summed E-state index contributed by atoms with van der Waals surface area (Å²) < 4.78 is 8.01. The molecule has 1 aromatic rings. The van der Waals surface area contributed by atoms with Crippen molar-refractivity contribution in [3.63, 3.8) is 0 Å². The maximum absolute atomic E-state index is 9.53. The maximum Gasteiger partial charge on any atom is 0.111 e. The summed E-state index contributed by atoms with van der Waals surface area (Å²) in [4.78, 5) is 0. The van der Waals surface area contributed by atoms with E-state index in [1.807, 2.05) is 22.6 Å². The third-order valence-corrected chi connectivity index (χ3v) is 5.19. The van der Waals surface area contributed by atoms with E-state index >= 15 is 0 Å². The van der Waals surface area contributed by atoms with Crippen LogP contribution in [0.3, 0.4) is 0 Å². The molecule has 1 aromatic heterocycles. The van der Waals surface area contributed by atoms with Crippen molar-refractivity contribution >= 4 is 11.8 Å². The van der Waals surface area contributed by atoms with Crippen LogP contribution in [0.15, 0.2) is 6.20 Å². The summed E-state index contributed by atoms with van der Waals surface area (Å²) in [6.07, 6.45) is 5.63. The standard InChI is InChI=1S/C13H21N3O2S/c1-10(17)12-9-16(15-14-12)11-2-5-18-13(8-11)3-6-19-7-4-13/h9-11,17H,2-8H2,1H3. The summed E-state index contributed by atoms with van der Waals surface area (Å²) in [7, 11) is 0. The summed E-state index contributed by atoms with van der Waals surface area (Å²) in [6, 6.07) is 0.358. The lowest BCUT2D eigenvalue weighted by Crippen LogP contribution is -2.43. The molecular weight excluding hydrogens is 262 g/mol. The third-order valence-electron chi connectivity index (χ3n) is 4.20. The van der Waals surface area contributed by atoms with Gasteiger partial charge in [-0.25, -0.2) is 4.68 Å². The molecule has 2 atom stereocenters. The molecule has 0 bridgehead atoms. The molecule has 0 aliphatic carbocycles.